The Morgan fingerprint density at radius 1 is 1.03 bits per heavy atom. The zero-order valence-electron chi connectivity index (χ0n) is 21.3. The molecule has 0 spiro atoms. The molecule has 6 nitrogen and oxygen atoms in total. The Morgan fingerprint density at radius 2 is 1.71 bits per heavy atom. The highest BCUT2D eigenvalue weighted by Gasteiger charge is 2.41. The Kier molecular flexibility index (Phi) is 7.28. The van der Waals surface area contributed by atoms with Gasteiger partial charge in [-0.05, 0) is 80.3 Å². The minimum Gasteiger partial charge on any atom is -0.348 e. The summed E-state index contributed by atoms with van der Waals surface area (Å²) in [6.45, 7) is 1.85. The van der Waals surface area contributed by atoms with E-state index < -0.39 is 21.9 Å². The number of fused-ring (bicyclic) bond motifs is 1. The highest BCUT2D eigenvalue weighted by Crippen LogP contribution is 2.42. The van der Waals surface area contributed by atoms with E-state index in [2.05, 4.69) is 9.88 Å². The number of rotatable bonds is 8. The van der Waals surface area contributed by atoms with Crippen LogP contribution in [0.1, 0.15) is 73.2 Å². The summed E-state index contributed by atoms with van der Waals surface area (Å²) in [7, 11) is -3.27. The SMILES string of the molecule is CCS(=O)(=O)c1ccc(CNC(=O)c2ccc3c(c2)nc(C[C@H]2CC[C@H](C(F)(F)F)CC2)n3C2CC2)cc1. The van der Waals surface area contributed by atoms with Crippen molar-refractivity contribution in [3.8, 4) is 0 Å². The van der Waals surface area contributed by atoms with E-state index in [0.717, 1.165) is 35.3 Å². The fourth-order valence-corrected chi connectivity index (χ4v) is 6.28. The predicted molar refractivity (Wildman–Crippen MR) is 139 cm³/mol. The fourth-order valence-electron chi connectivity index (χ4n) is 5.39. The third kappa shape index (κ3) is 5.75. The first-order valence-electron chi connectivity index (χ1n) is 13.2. The van der Waals surface area contributed by atoms with E-state index in [0.29, 0.717) is 30.9 Å². The van der Waals surface area contributed by atoms with Crippen molar-refractivity contribution >= 4 is 26.8 Å². The zero-order valence-corrected chi connectivity index (χ0v) is 22.1. The second-order valence-electron chi connectivity index (χ2n) is 10.5. The topological polar surface area (TPSA) is 81.1 Å². The Hall–Kier alpha value is -2.88. The summed E-state index contributed by atoms with van der Waals surface area (Å²) in [5.41, 5.74) is 2.93. The molecule has 2 saturated carbocycles. The molecule has 1 amide bonds. The number of carbonyl (C=O) groups excluding carboxylic acids is 1. The number of hydrogen-bond acceptors (Lipinski definition) is 4. The van der Waals surface area contributed by atoms with E-state index in [1.54, 1.807) is 43.3 Å². The summed E-state index contributed by atoms with van der Waals surface area (Å²) in [5.74, 6) is -0.334. The Bertz CT molecular complexity index is 1420. The molecule has 2 aliphatic rings. The lowest BCUT2D eigenvalue weighted by Gasteiger charge is -2.29. The molecule has 1 heterocycles. The van der Waals surface area contributed by atoms with E-state index in [9.17, 15) is 26.4 Å². The molecule has 2 fully saturated rings. The molecule has 1 aromatic heterocycles. The molecule has 1 N–H and O–H groups in total. The lowest BCUT2D eigenvalue weighted by molar-refractivity contribution is -0.183. The van der Waals surface area contributed by atoms with Crippen molar-refractivity contribution in [1.82, 2.24) is 14.9 Å². The molecule has 204 valence electrons. The first-order valence-corrected chi connectivity index (χ1v) is 14.9. The van der Waals surface area contributed by atoms with Gasteiger partial charge in [0.25, 0.3) is 5.91 Å². The second kappa shape index (κ2) is 10.4. The third-order valence-electron chi connectivity index (χ3n) is 7.83. The van der Waals surface area contributed by atoms with Gasteiger partial charge in [0.15, 0.2) is 9.84 Å². The van der Waals surface area contributed by atoms with Crippen LogP contribution < -0.4 is 5.32 Å². The molecule has 10 heteroatoms. The van der Waals surface area contributed by atoms with Crippen LogP contribution in [0, 0.1) is 11.8 Å². The van der Waals surface area contributed by atoms with E-state index in [-0.39, 0.29) is 41.9 Å². The summed E-state index contributed by atoms with van der Waals surface area (Å²) in [6, 6.07) is 12.3. The molecule has 0 bridgehead atoms. The van der Waals surface area contributed by atoms with Crippen molar-refractivity contribution in [3.05, 3.63) is 59.4 Å². The van der Waals surface area contributed by atoms with Gasteiger partial charge in [0.2, 0.25) is 0 Å². The van der Waals surface area contributed by atoms with E-state index >= 15 is 0 Å². The second-order valence-corrected chi connectivity index (χ2v) is 12.8. The van der Waals surface area contributed by atoms with E-state index in [1.807, 2.05) is 6.07 Å². The van der Waals surface area contributed by atoms with Crippen molar-refractivity contribution in [3.63, 3.8) is 0 Å². The van der Waals surface area contributed by atoms with Gasteiger partial charge in [-0.15, -0.1) is 0 Å². The van der Waals surface area contributed by atoms with Crippen LogP contribution in [0.2, 0.25) is 0 Å². The van der Waals surface area contributed by atoms with Crippen molar-refractivity contribution in [2.24, 2.45) is 11.8 Å². The van der Waals surface area contributed by atoms with Gasteiger partial charge in [0.1, 0.15) is 5.82 Å². The molecule has 2 aliphatic carbocycles. The van der Waals surface area contributed by atoms with Crippen LogP contribution in [0.4, 0.5) is 13.2 Å². The van der Waals surface area contributed by atoms with Gasteiger partial charge in [-0.25, -0.2) is 13.4 Å². The maximum Gasteiger partial charge on any atom is 0.391 e. The molecule has 0 unspecified atom stereocenters. The van der Waals surface area contributed by atoms with Crippen LogP contribution in [0.15, 0.2) is 47.4 Å². The highest BCUT2D eigenvalue weighted by molar-refractivity contribution is 7.91. The number of alkyl halides is 3. The molecule has 3 aromatic rings. The molecule has 0 atom stereocenters. The standard InChI is InChI=1S/C28H32F3N3O3S/c1-2-38(36,37)23-12-5-19(6-13-23)17-32-27(35)20-7-14-25-24(16-20)33-26(34(25)22-10-11-22)15-18-3-8-21(9-4-18)28(29,30)31/h5-7,12-14,16,18,21-22H,2-4,8-11,15,17H2,1H3,(H,32,35)/t18-,21-. The van der Waals surface area contributed by atoms with Gasteiger partial charge in [-0.1, -0.05) is 19.1 Å². The minimum atomic E-state index is -4.11. The summed E-state index contributed by atoms with van der Waals surface area (Å²) in [6.07, 6.45) is 0.121. The monoisotopic (exact) mass is 547 g/mol. The van der Waals surface area contributed by atoms with Crippen molar-refractivity contribution < 1.29 is 26.4 Å². The number of amides is 1. The van der Waals surface area contributed by atoms with Gasteiger partial charge >= 0.3 is 6.18 Å². The van der Waals surface area contributed by atoms with E-state index in [4.69, 9.17) is 4.98 Å². The van der Waals surface area contributed by atoms with Crippen LogP contribution in [0.25, 0.3) is 11.0 Å². The van der Waals surface area contributed by atoms with Gasteiger partial charge in [0.05, 0.1) is 27.6 Å². The molecular weight excluding hydrogens is 515 g/mol. The first kappa shape index (κ1) is 26.7. The van der Waals surface area contributed by atoms with E-state index in [1.165, 1.54) is 0 Å². The quantitative estimate of drug-likeness (QED) is 0.375. The largest absolute Gasteiger partial charge is 0.391 e. The molecule has 0 aliphatic heterocycles. The summed E-state index contributed by atoms with van der Waals surface area (Å²) < 4.78 is 65.4. The fraction of sp³-hybridized carbons (Fsp3) is 0.500. The molecule has 2 aromatic carbocycles. The Morgan fingerprint density at radius 3 is 2.32 bits per heavy atom. The smallest absolute Gasteiger partial charge is 0.348 e. The molecular formula is C28H32F3N3O3S. The van der Waals surface area contributed by atoms with Crippen molar-refractivity contribution in [2.75, 3.05) is 5.75 Å². The number of imidazole rings is 1. The lowest BCUT2D eigenvalue weighted by atomic mass is 9.80. The number of halogens is 3. The Balaban J connectivity index is 1.27. The number of nitrogens with one attached hydrogen (secondary N) is 1. The molecule has 38 heavy (non-hydrogen) atoms. The van der Waals surface area contributed by atoms with Crippen molar-refractivity contribution in [2.45, 2.75) is 75.5 Å². The Labute approximate surface area is 220 Å². The molecule has 0 saturated heterocycles. The van der Waals surface area contributed by atoms with Crippen LogP contribution in [0.5, 0.6) is 0 Å². The van der Waals surface area contributed by atoms with Crippen molar-refractivity contribution in [1.29, 1.82) is 0 Å². The highest BCUT2D eigenvalue weighted by atomic mass is 32.2. The van der Waals surface area contributed by atoms with Gasteiger partial charge < -0.3 is 9.88 Å². The summed E-state index contributed by atoms with van der Waals surface area (Å²) >= 11 is 0. The van der Waals surface area contributed by atoms with Crippen LogP contribution in [-0.4, -0.2) is 35.8 Å². The van der Waals surface area contributed by atoms with Crippen LogP contribution in [-0.2, 0) is 22.8 Å². The summed E-state index contributed by atoms with van der Waals surface area (Å²) in [4.78, 5) is 18.0. The number of benzene rings is 2. The molecule has 5 rings (SSSR count). The number of nitrogens with zero attached hydrogens (tertiary/aromatic N) is 2. The average molecular weight is 548 g/mol. The third-order valence-corrected chi connectivity index (χ3v) is 9.58. The zero-order chi connectivity index (χ0) is 27.1. The normalized spacial score (nSPS) is 20.5. The van der Waals surface area contributed by atoms with Gasteiger partial charge in [0, 0.05) is 24.6 Å². The number of sulfone groups is 1. The van der Waals surface area contributed by atoms with Gasteiger partial charge in [-0.2, -0.15) is 13.2 Å². The number of hydrogen-bond donors (Lipinski definition) is 1. The van der Waals surface area contributed by atoms with Gasteiger partial charge in [-0.3, -0.25) is 4.79 Å². The maximum atomic E-state index is 13.1. The van der Waals surface area contributed by atoms with Crippen LogP contribution >= 0.6 is 0 Å². The maximum absolute atomic E-state index is 13.1. The lowest BCUT2D eigenvalue weighted by Crippen LogP contribution is -2.28. The van der Waals surface area contributed by atoms with Crippen LogP contribution in [0.3, 0.4) is 0 Å². The minimum absolute atomic E-state index is 0.0307. The first-order chi connectivity index (χ1) is 18.0. The summed E-state index contributed by atoms with van der Waals surface area (Å²) in [5, 5.41) is 2.88. The predicted octanol–water partition coefficient (Wildman–Crippen LogP) is 6.01. The number of aromatic nitrogens is 2. The average Bonchev–Trinajstić information content (AvgIpc) is 3.67. The molecule has 0 radical (unpaired) electrons. The number of carbonyl (C=O) groups is 1.